The summed E-state index contributed by atoms with van der Waals surface area (Å²) in [6.07, 6.45) is 0. The lowest BCUT2D eigenvalue weighted by Gasteiger charge is -2.29. The van der Waals surface area contributed by atoms with Crippen LogP contribution in [-0.4, -0.2) is 25.9 Å². The van der Waals surface area contributed by atoms with Gasteiger partial charge in [-0.15, -0.1) is 0 Å². The lowest BCUT2D eigenvalue weighted by atomic mass is 9.90. The summed E-state index contributed by atoms with van der Waals surface area (Å²) in [5, 5.41) is 5.66. The topological polar surface area (TPSA) is 61.4 Å². The van der Waals surface area contributed by atoms with Crippen molar-refractivity contribution in [1.29, 1.82) is 0 Å². The third kappa shape index (κ3) is 3.40. The molecule has 0 aliphatic carbocycles. The van der Waals surface area contributed by atoms with Crippen LogP contribution in [0.15, 0.2) is 60.2 Å². The molecule has 0 fully saturated rings. The van der Waals surface area contributed by atoms with E-state index in [2.05, 4.69) is 10.6 Å². The smallest absolute Gasteiger partial charge is 0.320 e. The van der Waals surface area contributed by atoms with Gasteiger partial charge in [0, 0.05) is 25.4 Å². The summed E-state index contributed by atoms with van der Waals surface area (Å²) < 4.78 is 0. The first kappa shape index (κ1) is 16.8. The van der Waals surface area contributed by atoms with Crippen LogP contribution in [0.4, 0.5) is 10.5 Å². The summed E-state index contributed by atoms with van der Waals surface area (Å²) in [5.41, 5.74) is 3.87. The van der Waals surface area contributed by atoms with Crippen molar-refractivity contribution >= 4 is 23.2 Å². The zero-order valence-corrected chi connectivity index (χ0v) is 14.5. The van der Waals surface area contributed by atoms with Crippen LogP contribution in [0.3, 0.4) is 0 Å². The van der Waals surface area contributed by atoms with Gasteiger partial charge in [-0.3, -0.25) is 4.79 Å². The van der Waals surface area contributed by atoms with Gasteiger partial charge in [0.05, 0.1) is 11.7 Å². The third-order valence-electron chi connectivity index (χ3n) is 4.26. The quantitative estimate of drug-likeness (QED) is 0.902. The summed E-state index contributed by atoms with van der Waals surface area (Å²) in [7, 11) is 3.94. The van der Waals surface area contributed by atoms with Gasteiger partial charge in [-0.05, 0) is 30.2 Å². The number of carbonyl (C=O) groups excluding carboxylic acids is 2. The minimum absolute atomic E-state index is 0.0759. The number of urea groups is 1. The highest BCUT2D eigenvalue weighted by Gasteiger charge is 2.31. The standard InChI is InChI=1S/C20H21N3O2/c1-13(24)17-18(14-7-5-4-6-8-14)21-20(25)22-19(17)15-9-11-16(12-10-15)23(2)3/h4-12,19H,1-3H3,(H2,21,22,25). The number of anilines is 1. The lowest BCUT2D eigenvalue weighted by molar-refractivity contribution is -0.113. The van der Waals surface area contributed by atoms with E-state index in [4.69, 9.17) is 0 Å². The van der Waals surface area contributed by atoms with Crippen molar-refractivity contribution in [3.63, 3.8) is 0 Å². The Balaban J connectivity index is 2.10. The van der Waals surface area contributed by atoms with E-state index in [0.29, 0.717) is 11.3 Å². The monoisotopic (exact) mass is 335 g/mol. The van der Waals surface area contributed by atoms with E-state index < -0.39 is 6.04 Å². The summed E-state index contributed by atoms with van der Waals surface area (Å²) in [4.78, 5) is 26.6. The van der Waals surface area contributed by atoms with Crippen molar-refractivity contribution in [3.05, 3.63) is 71.3 Å². The van der Waals surface area contributed by atoms with Gasteiger partial charge in [0.25, 0.3) is 0 Å². The van der Waals surface area contributed by atoms with Crippen molar-refractivity contribution < 1.29 is 9.59 Å². The van der Waals surface area contributed by atoms with Crippen LogP contribution in [0.5, 0.6) is 0 Å². The molecule has 1 unspecified atom stereocenters. The van der Waals surface area contributed by atoms with Gasteiger partial charge in [-0.25, -0.2) is 4.79 Å². The molecule has 1 aliphatic rings. The molecule has 2 aromatic carbocycles. The number of nitrogens with zero attached hydrogens (tertiary/aromatic N) is 1. The maximum absolute atomic E-state index is 12.4. The first-order chi connectivity index (χ1) is 12.0. The molecule has 0 spiro atoms. The van der Waals surface area contributed by atoms with E-state index in [1.807, 2.05) is 73.6 Å². The van der Waals surface area contributed by atoms with E-state index in [9.17, 15) is 9.59 Å². The molecule has 2 amide bonds. The predicted octanol–water partition coefficient (Wildman–Crippen LogP) is 3.11. The van der Waals surface area contributed by atoms with E-state index in [1.165, 1.54) is 6.92 Å². The van der Waals surface area contributed by atoms with Gasteiger partial charge in [0.1, 0.15) is 0 Å². The van der Waals surface area contributed by atoms with E-state index in [0.717, 1.165) is 16.8 Å². The number of ketones is 1. The number of Topliss-reactive ketones (excluding diaryl/α,β-unsaturated/α-hetero) is 1. The van der Waals surface area contributed by atoms with Gasteiger partial charge in [0.15, 0.2) is 5.78 Å². The molecule has 5 heteroatoms. The van der Waals surface area contributed by atoms with Crippen LogP contribution in [0.25, 0.3) is 5.70 Å². The Morgan fingerprint density at radius 3 is 2.20 bits per heavy atom. The van der Waals surface area contributed by atoms with E-state index in [1.54, 1.807) is 0 Å². The van der Waals surface area contributed by atoms with Crippen LogP contribution < -0.4 is 15.5 Å². The highest BCUT2D eigenvalue weighted by atomic mass is 16.2. The summed E-state index contributed by atoms with van der Waals surface area (Å²) >= 11 is 0. The fourth-order valence-electron chi connectivity index (χ4n) is 2.99. The Kier molecular flexibility index (Phi) is 4.57. The average molecular weight is 335 g/mol. The Labute approximate surface area is 147 Å². The van der Waals surface area contributed by atoms with Gasteiger partial charge in [-0.1, -0.05) is 42.5 Å². The summed E-state index contributed by atoms with van der Waals surface area (Å²) in [5.74, 6) is -0.0759. The molecule has 25 heavy (non-hydrogen) atoms. The molecule has 2 aromatic rings. The van der Waals surface area contributed by atoms with Crippen molar-refractivity contribution in [2.45, 2.75) is 13.0 Å². The summed E-state index contributed by atoms with van der Waals surface area (Å²) in [6.45, 7) is 1.53. The number of hydrogen-bond donors (Lipinski definition) is 2. The number of benzene rings is 2. The molecule has 0 bridgehead atoms. The fourth-order valence-corrected chi connectivity index (χ4v) is 2.99. The van der Waals surface area contributed by atoms with Gasteiger partial charge in [-0.2, -0.15) is 0 Å². The second kappa shape index (κ2) is 6.81. The zero-order chi connectivity index (χ0) is 18.0. The molecule has 2 N–H and O–H groups in total. The molecule has 1 atom stereocenters. The lowest BCUT2D eigenvalue weighted by Crippen LogP contribution is -2.44. The molecule has 128 valence electrons. The number of amides is 2. The largest absolute Gasteiger partial charge is 0.378 e. The molecule has 5 nitrogen and oxygen atoms in total. The maximum Gasteiger partial charge on any atom is 0.320 e. The molecule has 0 aromatic heterocycles. The zero-order valence-electron chi connectivity index (χ0n) is 14.5. The first-order valence-electron chi connectivity index (χ1n) is 8.12. The van der Waals surface area contributed by atoms with Crippen LogP contribution in [0.2, 0.25) is 0 Å². The third-order valence-corrected chi connectivity index (χ3v) is 4.26. The molecule has 0 saturated carbocycles. The second-order valence-electron chi connectivity index (χ2n) is 6.23. The molecule has 1 aliphatic heterocycles. The highest BCUT2D eigenvalue weighted by molar-refractivity contribution is 6.06. The second-order valence-corrected chi connectivity index (χ2v) is 6.23. The Bertz CT molecular complexity index is 824. The number of nitrogens with one attached hydrogen (secondary N) is 2. The van der Waals surface area contributed by atoms with Crippen LogP contribution in [0, 0.1) is 0 Å². The fraction of sp³-hybridized carbons (Fsp3) is 0.200. The Morgan fingerprint density at radius 1 is 1.00 bits per heavy atom. The van der Waals surface area contributed by atoms with Gasteiger partial charge < -0.3 is 15.5 Å². The van der Waals surface area contributed by atoms with Crippen molar-refractivity contribution in [2.24, 2.45) is 0 Å². The van der Waals surface area contributed by atoms with Crippen molar-refractivity contribution in [2.75, 3.05) is 19.0 Å². The van der Waals surface area contributed by atoms with E-state index >= 15 is 0 Å². The Morgan fingerprint density at radius 2 is 1.64 bits per heavy atom. The van der Waals surface area contributed by atoms with Crippen LogP contribution >= 0.6 is 0 Å². The number of hydrogen-bond acceptors (Lipinski definition) is 3. The SMILES string of the molecule is CC(=O)C1=C(c2ccccc2)NC(=O)NC1c1ccc(N(C)C)cc1. The van der Waals surface area contributed by atoms with E-state index in [-0.39, 0.29) is 11.8 Å². The molecule has 0 radical (unpaired) electrons. The summed E-state index contributed by atoms with van der Waals surface area (Å²) in [6, 6.07) is 16.5. The molecule has 3 rings (SSSR count). The first-order valence-corrected chi connectivity index (χ1v) is 8.12. The number of rotatable bonds is 4. The van der Waals surface area contributed by atoms with Crippen LogP contribution in [-0.2, 0) is 4.79 Å². The van der Waals surface area contributed by atoms with Crippen molar-refractivity contribution in [1.82, 2.24) is 10.6 Å². The molecule has 1 heterocycles. The Hall–Kier alpha value is -3.08. The normalized spacial score (nSPS) is 16.9. The maximum atomic E-state index is 12.4. The molecular formula is C20H21N3O2. The average Bonchev–Trinajstić information content (AvgIpc) is 2.61. The van der Waals surface area contributed by atoms with Crippen molar-refractivity contribution in [3.8, 4) is 0 Å². The van der Waals surface area contributed by atoms with Crippen LogP contribution in [0.1, 0.15) is 24.1 Å². The van der Waals surface area contributed by atoms with Gasteiger partial charge >= 0.3 is 6.03 Å². The minimum Gasteiger partial charge on any atom is -0.378 e. The molecule has 0 saturated heterocycles. The van der Waals surface area contributed by atoms with Gasteiger partial charge in [0.2, 0.25) is 0 Å². The highest BCUT2D eigenvalue weighted by Crippen LogP contribution is 2.32. The predicted molar refractivity (Wildman–Crippen MR) is 99.2 cm³/mol. The molecular weight excluding hydrogens is 314 g/mol. The number of carbonyl (C=O) groups is 2. The minimum atomic E-state index is -0.474.